The largest absolute Gasteiger partial charge is 0.466 e. The summed E-state index contributed by atoms with van der Waals surface area (Å²) < 4.78 is 4.55. The van der Waals surface area contributed by atoms with Crippen molar-refractivity contribution in [3.63, 3.8) is 0 Å². The van der Waals surface area contributed by atoms with Gasteiger partial charge in [-0.05, 0) is 18.8 Å². The van der Waals surface area contributed by atoms with Crippen LogP contribution < -0.4 is 5.32 Å². The van der Waals surface area contributed by atoms with Crippen LogP contribution in [0.3, 0.4) is 0 Å². The highest BCUT2D eigenvalue weighted by atomic mass is 32.2. The van der Waals surface area contributed by atoms with E-state index in [2.05, 4.69) is 26.9 Å². The smallest absolute Gasteiger partial charge is 0.330 e. The number of hydrogen-bond acceptors (Lipinski definition) is 6. The highest BCUT2D eigenvalue weighted by Gasteiger charge is 2.04. The molecule has 98 valence electrons. The van der Waals surface area contributed by atoms with Crippen LogP contribution >= 0.6 is 11.8 Å². The zero-order valence-electron chi connectivity index (χ0n) is 10.8. The summed E-state index contributed by atoms with van der Waals surface area (Å²) in [5.74, 6) is 0.335. The number of nitrogens with one attached hydrogen (secondary N) is 1. The Hall–Kier alpha value is -1.56. The average molecular weight is 267 g/mol. The Kier molecular flexibility index (Phi) is 6.21. The minimum absolute atomic E-state index is 0.398. The van der Waals surface area contributed by atoms with Crippen molar-refractivity contribution in [2.24, 2.45) is 0 Å². The van der Waals surface area contributed by atoms with Crippen LogP contribution in [0.1, 0.15) is 18.9 Å². The maximum Gasteiger partial charge on any atom is 0.330 e. The Morgan fingerprint density at radius 2 is 2.39 bits per heavy atom. The Morgan fingerprint density at radius 1 is 1.61 bits per heavy atom. The molecule has 0 spiro atoms. The zero-order valence-corrected chi connectivity index (χ0v) is 11.6. The molecule has 0 amide bonds. The summed E-state index contributed by atoms with van der Waals surface area (Å²) in [5, 5.41) is 3.91. The zero-order chi connectivity index (χ0) is 13.4. The maximum absolute atomic E-state index is 11.1. The van der Waals surface area contributed by atoms with Gasteiger partial charge in [0.05, 0.1) is 7.11 Å². The quantitative estimate of drug-likeness (QED) is 0.369. The molecule has 1 N–H and O–H groups in total. The molecule has 0 aliphatic heterocycles. The van der Waals surface area contributed by atoms with Crippen molar-refractivity contribution in [3.05, 3.63) is 17.8 Å². The predicted octanol–water partition coefficient (Wildman–Crippen LogP) is 2.21. The SMILES string of the molecule is CCCNc1nc(SC)ncc1C=CC(=O)OC. The molecule has 0 aliphatic carbocycles. The molecule has 5 nitrogen and oxygen atoms in total. The van der Waals surface area contributed by atoms with Crippen molar-refractivity contribution in [2.75, 3.05) is 25.2 Å². The Labute approximate surface area is 111 Å². The second-order valence-electron chi connectivity index (χ2n) is 3.44. The number of thioether (sulfide) groups is 1. The topological polar surface area (TPSA) is 64.1 Å². The number of ether oxygens (including phenoxy) is 1. The Bertz CT molecular complexity index is 435. The standard InChI is InChI=1S/C12H17N3O2S/c1-4-7-13-11-9(5-6-10(16)17-2)8-14-12(15-11)18-3/h5-6,8H,4,7H2,1-3H3,(H,13,14,15). The van der Waals surface area contributed by atoms with E-state index in [1.807, 2.05) is 6.26 Å². The second kappa shape index (κ2) is 7.71. The summed E-state index contributed by atoms with van der Waals surface area (Å²) in [6.07, 6.45) is 7.61. The molecule has 1 aromatic heterocycles. The van der Waals surface area contributed by atoms with Gasteiger partial charge in [0.2, 0.25) is 0 Å². The number of anilines is 1. The maximum atomic E-state index is 11.1. The van der Waals surface area contributed by atoms with E-state index in [-0.39, 0.29) is 0 Å². The van der Waals surface area contributed by atoms with Crippen molar-refractivity contribution in [2.45, 2.75) is 18.5 Å². The number of hydrogen-bond donors (Lipinski definition) is 1. The molecule has 0 fully saturated rings. The molecule has 0 atom stereocenters. The van der Waals surface area contributed by atoms with E-state index < -0.39 is 5.97 Å². The van der Waals surface area contributed by atoms with Crippen LogP contribution in [0.25, 0.3) is 6.08 Å². The van der Waals surface area contributed by atoms with Gasteiger partial charge >= 0.3 is 5.97 Å². The molecule has 1 heterocycles. The van der Waals surface area contributed by atoms with Crippen LogP contribution in [-0.4, -0.2) is 35.8 Å². The van der Waals surface area contributed by atoms with E-state index in [9.17, 15) is 4.79 Å². The van der Waals surface area contributed by atoms with Gasteiger partial charge in [0.25, 0.3) is 0 Å². The van der Waals surface area contributed by atoms with E-state index in [1.54, 1.807) is 12.3 Å². The third-order valence-corrected chi connectivity index (χ3v) is 2.68. The van der Waals surface area contributed by atoms with E-state index in [0.29, 0.717) is 5.16 Å². The van der Waals surface area contributed by atoms with Crippen LogP contribution in [0.4, 0.5) is 5.82 Å². The highest BCUT2D eigenvalue weighted by molar-refractivity contribution is 7.98. The molecule has 0 unspecified atom stereocenters. The van der Waals surface area contributed by atoms with Gasteiger partial charge in [-0.1, -0.05) is 18.7 Å². The first-order valence-corrected chi connectivity index (χ1v) is 6.84. The molecule has 0 radical (unpaired) electrons. The Morgan fingerprint density at radius 3 is 3.00 bits per heavy atom. The number of rotatable bonds is 6. The number of methoxy groups -OCH3 is 1. The lowest BCUT2D eigenvalue weighted by molar-refractivity contribution is -0.134. The van der Waals surface area contributed by atoms with Gasteiger partial charge in [0.15, 0.2) is 5.16 Å². The number of carbonyl (C=O) groups excluding carboxylic acids is 1. The van der Waals surface area contributed by atoms with Crippen LogP contribution in [0.5, 0.6) is 0 Å². The van der Waals surface area contributed by atoms with Gasteiger partial charge in [-0.25, -0.2) is 14.8 Å². The van der Waals surface area contributed by atoms with Crippen molar-refractivity contribution in [3.8, 4) is 0 Å². The first-order valence-electron chi connectivity index (χ1n) is 5.62. The number of nitrogens with zero attached hydrogens (tertiary/aromatic N) is 2. The summed E-state index contributed by atoms with van der Waals surface area (Å²) in [4.78, 5) is 19.6. The molecule has 0 bridgehead atoms. The van der Waals surface area contributed by atoms with Crippen LogP contribution in [0, 0.1) is 0 Å². The fourth-order valence-electron chi connectivity index (χ4n) is 1.21. The van der Waals surface area contributed by atoms with Crippen molar-refractivity contribution in [1.29, 1.82) is 0 Å². The summed E-state index contributed by atoms with van der Waals surface area (Å²) in [5.41, 5.74) is 0.770. The second-order valence-corrected chi connectivity index (χ2v) is 4.22. The first-order chi connectivity index (χ1) is 8.71. The average Bonchev–Trinajstić information content (AvgIpc) is 2.42. The third-order valence-electron chi connectivity index (χ3n) is 2.12. The molecule has 18 heavy (non-hydrogen) atoms. The monoisotopic (exact) mass is 267 g/mol. The molecule has 0 aromatic carbocycles. The first kappa shape index (κ1) is 14.5. The summed E-state index contributed by atoms with van der Waals surface area (Å²) in [6.45, 7) is 2.90. The van der Waals surface area contributed by atoms with Crippen molar-refractivity contribution in [1.82, 2.24) is 9.97 Å². The molecular formula is C12H17N3O2S. The lowest BCUT2D eigenvalue weighted by Gasteiger charge is -2.08. The molecule has 1 rings (SSSR count). The van der Waals surface area contributed by atoms with Gasteiger partial charge in [-0.3, -0.25) is 0 Å². The van der Waals surface area contributed by atoms with Crippen LogP contribution in [-0.2, 0) is 9.53 Å². The van der Waals surface area contributed by atoms with Crippen LogP contribution in [0.2, 0.25) is 0 Å². The molecule has 0 saturated heterocycles. The fourth-order valence-corrected chi connectivity index (χ4v) is 1.55. The van der Waals surface area contributed by atoms with Gasteiger partial charge in [0, 0.05) is 24.4 Å². The highest BCUT2D eigenvalue weighted by Crippen LogP contribution is 2.17. The van der Waals surface area contributed by atoms with Gasteiger partial charge in [-0.15, -0.1) is 0 Å². The van der Waals surface area contributed by atoms with E-state index in [0.717, 1.165) is 24.3 Å². The van der Waals surface area contributed by atoms with Gasteiger partial charge in [0.1, 0.15) is 5.82 Å². The molecule has 6 heteroatoms. The van der Waals surface area contributed by atoms with E-state index in [1.165, 1.54) is 24.9 Å². The van der Waals surface area contributed by atoms with Gasteiger partial charge in [-0.2, -0.15) is 0 Å². The molecule has 0 saturated carbocycles. The summed E-state index contributed by atoms with van der Waals surface area (Å²) in [7, 11) is 1.34. The Balaban J connectivity index is 2.94. The minimum Gasteiger partial charge on any atom is -0.466 e. The minimum atomic E-state index is -0.398. The normalized spacial score (nSPS) is 10.6. The lowest BCUT2D eigenvalue weighted by atomic mass is 10.2. The predicted molar refractivity (Wildman–Crippen MR) is 73.6 cm³/mol. The number of esters is 1. The number of aromatic nitrogens is 2. The molecule has 0 aliphatic rings. The number of carbonyl (C=O) groups is 1. The summed E-state index contributed by atoms with van der Waals surface area (Å²) in [6, 6.07) is 0. The van der Waals surface area contributed by atoms with Gasteiger partial charge < -0.3 is 10.1 Å². The summed E-state index contributed by atoms with van der Waals surface area (Å²) >= 11 is 1.48. The molecule has 1 aromatic rings. The van der Waals surface area contributed by atoms with E-state index >= 15 is 0 Å². The fraction of sp³-hybridized carbons (Fsp3) is 0.417. The van der Waals surface area contributed by atoms with Crippen LogP contribution in [0.15, 0.2) is 17.4 Å². The van der Waals surface area contributed by atoms with E-state index in [4.69, 9.17) is 0 Å². The van der Waals surface area contributed by atoms with Crippen molar-refractivity contribution < 1.29 is 9.53 Å². The lowest BCUT2D eigenvalue weighted by Crippen LogP contribution is -2.05. The van der Waals surface area contributed by atoms with Crippen molar-refractivity contribution >= 4 is 29.6 Å². The molecular weight excluding hydrogens is 250 g/mol. The third kappa shape index (κ3) is 4.37.